The largest absolute Gasteiger partial charge is 0.356 e. The molecule has 1 saturated carbocycles. The van der Waals surface area contributed by atoms with Crippen LogP contribution in [0.3, 0.4) is 0 Å². The average molecular weight is 571 g/mol. The highest BCUT2D eigenvalue weighted by molar-refractivity contribution is 14.0. The molecule has 0 unspecified atom stereocenters. The van der Waals surface area contributed by atoms with Gasteiger partial charge < -0.3 is 16.0 Å². The van der Waals surface area contributed by atoms with Crippen LogP contribution in [-0.4, -0.2) is 32.0 Å². The molecular formula is C22H28BrIN4O. The molecule has 0 bridgehead atoms. The molecule has 0 heterocycles. The summed E-state index contributed by atoms with van der Waals surface area (Å²) in [6.45, 7) is 4.00. The number of nitrogens with one attached hydrogen (secondary N) is 3. The Morgan fingerprint density at radius 2 is 1.86 bits per heavy atom. The molecule has 1 fully saturated rings. The Morgan fingerprint density at radius 3 is 2.52 bits per heavy atom. The zero-order valence-corrected chi connectivity index (χ0v) is 20.7. The molecule has 3 N–H and O–H groups in total. The van der Waals surface area contributed by atoms with Crippen LogP contribution < -0.4 is 16.0 Å². The van der Waals surface area contributed by atoms with Crippen molar-refractivity contribution in [1.29, 1.82) is 0 Å². The summed E-state index contributed by atoms with van der Waals surface area (Å²) >= 11 is 3.57. The Labute approximate surface area is 198 Å². The lowest BCUT2D eigenvalue weighted by Gasteiger charge is -2.19. The van der Waals surface area contributed by atoms with Crippen LogP contribution in [0.25, 0.3) is 0 Å². The molecule has 3 rings (SSSR count). The molecule has 1 amide bonds. The van der Waals surface area contributed by atoms with E-state index < -0.39 is 0 Å². The number of hydrogen-bond acceptors (Lipinski definition) is 2. The summed E-state index contributed by atoms with van der Waals surface area (Å²) in [7, 11) is 1.78. The van der Waals surface area contributed by atoms with Crippen molar-refractivity contribution in [3.63, 3.8) is 0 Å². The van der Waals surface area contributed by atoms with E-state index in [2.05, 4.69) is 61.1 Å². The normalized spacial score (nSPS) is 14.5. The number of rotatable bonds is 7. The number of carbonyl (C=O) groups is 1. The number of benzene rings is 2. The van der Waals surface area contributed by atoms with Gasteiger partial charge >= 0.3 is 0 Å². The maximum absolute atomic E-state index is 12.0. The van der Waals surface area contributed by atoms with Gasteiger partial charge in [-0.15, -0.1) is 24.0 Å². The lowest BCUT2D eigenvalue weighted by atomic mass is 9.96. The summed E-state index contributed by atoms with van der Waals surface area (Å²) in [5, 5.41) is 9.64. The Morgan fingerprint density at radius 1 is 1.10 bits per heavy atom. The molecule has 7 heteroatoms. The van der Waals surface area contributed by atoms with E-state index in [4.69, 9.17) is 0 Å². The first-order valence-corrected chi connectivity index (χ1v) is 10.4. The molecule has 1 aliphatic carbocycles. The molecule has 0 spiro atoms. The predicted octanol–water partition coefficient (Wildman–Crippen LogP) is 4.21. The Balaban J connectivity index is 0.00000300. The minimum absolute atomic E-state index is 0. The quantitative estimate of drug-likeness (QED) is 0.265. The van der Waals surface area contributed by atoms with E-state index in [0.29, 0.717) is 18.7 Å². The molecule has 2 aromatic rings. The first-order valence-electron chi connectivity index (χ1n) is 9.64. The monoisotopic (exact) mass is 570 g/mol. The second-order valence-corrected chi connectivity index (χ2v) is 8.05. The van der Waals surface area contributed by atoms with Gasteiger partial charge in [-0.2, -0.15) is 0 Å². The molecule has 0 aliphatic heterocycles. The van der Waals surface area contributed by atoms with Gasteiger partial charge in [0, 0.05) is 42.1 Å². The highest BCUT2D eigenvalue weighted by Gasteiger charge is 2.44. The van der Waals surface area contributed by atoms with Gasteiger partial charge in [-0.1, -0.05) is 40.2 Å². The number of halogens is 2. The Bertz CT molecular complexity index is 867. The molecule has 0 radical (unpaired) electrons. The first kappa shape index (κ1) is 23.7. The van der Waals surface area contributed by atoms with Gasteiger partial charge in [0.05, 0.1) is 0 Å². The van der Waals surface area contributed by atoms with Crippen molar-refractivity contribution < 1.29 is 4.79 Å². The van der Waals surface area contributed by atoms with Crippen LogP contribution in [0.5, 0.6) is 0 Å². The number of nitrogens with zero attached hydrogens (tertiary/aromatic N) is 1. The Hall–Kier alpha value is -1.61. The van der Waals surface area contributed by atoms with Crippen molar-refractivity contribution in [2.75, 3.05) is 20.1 Å². The second-order valence-electron chi connectivity index (χ2n) is 7.13. The maximum atomic E-state index is 12.0. The van der Waals surface area contributed by atoms with Gasteiger partial charge in [0.2, 0.25) is 0 Å². The number of amides is 1. The fourth-order valence-electron chi connectivity index (χ4n) is 3.28. The minimum Gasteiger partial charge on any atom is -0.356 e. The van der Waals surface area contributed by atoms with Crippen molar-refractivity contribution >= 4 is 51.8 Å². The van der Waals surface area contributed by atoms with Crippen molar-refractivity contribution in [2.24, 2.45) is 4.99 Å². The smallest absolute Gasteiger partial charge is 0.251 e. The highest BCUT2D eigenvalue weighted by atomic mass is 127. The van der Waals surface area contributed by atoms with E-state index in [0.717, 1.165) is 22.5 Å². The van der Waals surface area contributed by atoms with Gasteiger partial charge in [-0.25, -0.2) is 0 Å². The van der Waals surface area contributed by atoms with Crippen LogP contribution in [0.1, 0.15) is 41.3 Å². The first-order chi connectivity index (χ1) is 13.6. The fraction of sp³-hybridized carbons (Fsp3) is 0.364. The zero-order chi connectivity index (χ0) is 20.0. The summed E-state index contributed by atoms with van der Waals surface area (Å²) in [6, 6.07) is 16.2. The molecule has 5 nitrogen and oxygen atoms in total. The van der Waals surface area contributed by atoms with Crippen LogP contribution in [0, 0.1) is 0 Å². The van der Waals surface area contributed by atoms with Gasteiger partial charge in [-0.3, -0.25) is 9.79 Å². The molecule has 156 valence electrons. The predicted molar refractivity (Wildman–Crippen MR) is 133 cm³/mol. The second kappa shape index (κ2) is 11.0. The summed E-state index contributed by atoms with van der Waals surface area (Å²) < 4.78 is 1.12. The van der Waals surface area contributed by atoms with Crippen LogP contribution >= 0.6 is 39.9 Å². The number of aliphatic imine (C=N–C) groups is 1. The number of hydrogen-bond donors (Lipinski definition) is 3. The highest BCUT2D eigenvalue weighted by Crippen LogP contribution is 2.48. The molecular weight excluding hydrogens is 543 g/mol. The third kappa shape index (κ3) is 6.44. The van der Waals surface area contributed by atoms with Crippen molar-refractivity contribution in [2.45, 2.75) is 31.7 Å². The standard InChI is InChI=1S/C22H27BrN4O.HI/c1-3-25-20(28)17-7-4-6-16(12-17)14-26-21(24-2)27-15-22(10-11-22)18-8-5-9-19(23)13-18;/h4-9,12-13H,3,10-11,14-15H2,1-2H3,(H,25,28)(H2,24,26,27);1H. The third-order valence-electron chi connectivity index (χ3n) is 5.09. The Kier molecular flexibility index (Phi) is 8.95. The van der Waals surface area contributed by atoms with Crippen molar-refractivity contribution in [3.05, 3.63) is 69.7 Å². The van der Waals surface area contributed by atoms with Gasteiger partial charge in [-0.05, 0) is 55.2 Å². The summed E-state index contributed by atoms with van der Waals surface area (Å²) in [6.07, 6.45) is 2.37. The maximum Gasteiger partial charge on any atom is 0.251 e. The lowest BCUT2D eigenvalue weighted by molar-refractivity contribution is 0.0955. The van der Waals surface area contributed by atoms with Gasteiger partial charge in [0.1, 0.15) is 0 Å². The molecule has 1 aliphatic rings. The van der Waals surface area contributed by atoms with Crippen LogP contribution in [0.2, 0.25) is 0 Å². The lowest BCUT2D eigenvalue weighted by Crippen LogP contribution is -2.40. The topological polar surface area (TPSA) is 65.5 Å². The SMILES string of the molecule is CCNC(=O)c1cccc(CNC(=NC)NCC2(c3cccc(Br)c3)CC2)c1.I. The molecule has 29 heavy (non-hydrogen) atoms. The van der Waals surface area contributed by atoms with Crippen LogP contribution in [-0.2, 0) is 12.0 Å². The zero-order valence-electron chi connectivity index (χ0n) is 16.8. The van der Waals surface area contributed by atoms with Crippen LogP contribution in [0.4, 0.5) is 0 Å². The summed E-state index contributed by atoms with van der Waals surface area (Å²) in [5.41, 5.74) is 3.27. The van der Waals surface area contributed by atoms with Crippen molar-refractivity contribution in [1.82, 2.24) is 16.0 Å². The van der Waals surface area contributed by atoms with Crippen LogP contribution in [0.15, 0.2) is 58.0 Å². The summed E-state index contributed by atoms with van der Waals surface area (Å²) in [4.78, 5) is 16.3. The third-order valence-corrected chi connectivity index (χ3v) is 5.59. The van der Waals surface area contributed by atoms with E-state index in [1.807, 2.05) is 31.2 Å². The number of carbonyl (C=O) groups excluding carboxylic acids is 1. The van der Waals surface area contributed by atoms with Gasteiger partial charge in [0.15, 0.2) is 5.96 Å². The van der Waals surface area contributed by atoms with E-state index >= 15 is 0 Å². The molecule has 0 saturated heterocycles. The van der Waals surface area contributed by atoms with Gasteiger partial charge in [0.25, 0.3) is 5.91 Å². The van der Waals surface area contributed by atoms with E-state index in [1.54, 1.807) is 7.05 Å². The summed E-state index contributed by atoms with van der Waals surface area (Å²) in [5.74, 6) is 0.723. The molecule has 0 aromatic heterocycles. The van der Waals surface area contributed by atoms with E-state index in [9.17, 15) is 4.79 Å². The molecule has 0 atom stereocenters. The average Bonchev–Trinajstić information content (AvgIpc) is 3.50. The van der Waals surface area contributed by atoms with E-state index in [-0.39, 0.29) is 35.3 Å². The molecule has 2 aromatic carbocycles. The number of guanidine groups is 1. The van der Waals surface area contributed by atoms with E-state index in [1.165, 1.54) is 18.4 Å². The van der Waals surface area contributed by atoms with Crippen molar-refractivity contribution in [3.8, 4) is 0 Å². The fourth-order valence-corrected chi connectivity index (χ4v) is 3.68. The minimum atomic E-state index is -0.0449.